The summed E-state index contributed by atoms with van der Waals surface area (Å²) in [6.45, 7) is 0. The number of aromatic nitrogens is 4. The number of nitrogens with zero attached hydrogens (tertiary/aromatic N) is 4. The molecule has 0 aliphatic heterocycles. The van der Waals surface area contributed by atoms with Crippen LogP contribution in [0.1, 0.15) is 21.0 Å². The van der Waals surface area contributed by atoms with Crippen molar-refractivity contribution in [2.24, 2.45) is 14.1 Å². The van der Waals surface area contributed by atoms with Gasteiger partial charge in [0, 0.05) is 37.9 Å². The number of hydrogen-bond acceptors (Lipinski definition) is 4. The van der Waals surface area contributed by atoms with E-state index < -0.39 is 5.91 Å². The normalized spacial score (nSPS) is 10.5. The summed E-state index contributed by atoms with van der Waals surface area (Å²) in [4.78, 5) is 24.2. The molecule has 3 rings (SSSR count). The number of benzene rings is 1. The Hall–Kier alpha value is -3.13. The predicted molar refractivity (Wildman–Crippen MR) is 93.8 cm³/mol. The van der Waals surface area contributed by atoms with Gasteiger partial charge in [-0.1, -0.05) is 11.6 Å². The second-order valence-electron chi connectivity index (χ2n) is 5.36. The molecule has 2 N–H and O–H groups in total. The summed E-state index contributed by atoms with van der Waals surface area (Å²) in [5.74, 6) is -0.714. The van der Waals surface area contributed by atoms with Gasteiger partial charge in [-0.25, -0.2) is 0 Å². The summed E-state index contributed by atoms with van der Waals surface area (Å²) in [6.07, 6.45) is 3.24. The lowest BCUT2D eigenvalue weighted by molar-refractivity contribution is 0.101. The number of carbonyl (C=O) groups is 2. The Morgan fingerprint density at radius 1 is 0.920 bits per heavy atom. The summed E-state index contributed by atoms with van der Waals surface area (Å²) in [7, 11) is 3.42. The zero-order valence-electron chi connectivity index (χ0n) is 13.5. The summed E-state index contributed by atoms with van der Waals surface area (Å²) in [5.41, 5.74) is 1.62. The molecule has 128 valence electrons. The van der Waals surface area contributed by atoms with Crippen molar-refractivity contribution in [2.75, 3.05) is 10.6 Å². The number of aryl methyl sites for hydroxylation is 2. The van der Waals surface area contributed by atoms with Crippen molar-refractivity contribution in [1.82, 2.24) is 19.6 Å². The van der Waals surface area contributed by atoms with Crippen molar-refractivity contribution in [3.63, 3.8) is 0 Å². The van der Waals surface area contributed by atoms with Crippen molar-refractivity contribution in [1.29, 1.82) is 0 Å². The lowest BCUT2D eigenvalue weighted by Gasteiger charge is -2.06. The maximum atomic E-state index is 12.1. The van der Waals surface area contributed by atoms with Crippen LogP contribution < -0.4 is 10.6 Å². The van der Waals surface area contributed by atoms with Crippen molar-refractivity contribution in [2.45, 2.75) is 0 Å². The Bertz CT molecular complexity index is 929. The highest BCUT2D eigenvalue weighted by molar-refractivity contribution is 6.34. The molecule has 0 saturated heterocycles. The van der Waals surface area contributed by atoms with Crippen molar-refractivity contribution >= 4 is 34.8 Å². The molecule has 0 spiro atoms. The fourth-order valence-corrected chi connectivity index (χ4v) is 2.44. The highest BCUT2D eigenvalue weighted by Gasteiger charge is 2.15. The molecule has 9 heteroatoms. The summed E-state index contributed by atoms with van der Waals surface area (Å²) >= 11 is 5.95. The van der Waals surface area contributed by atoms with E-state index in [0.717, 1.165) is 0 Å². The summed E-state index contributed by atoms with van der Waals surface area (Å²) in [5, 5.41) is 13.7. The van der Waals surface area contributed by atoms with Gasteiger partial charge >= 0.3 is 0 Å². The van der Waals surface area contributed by atoms with Gasteiger partial charge < -0.3 is 10.6 Å². The highest BCUT2D eigenvalue weighted by Crippen LogP contribution is 2.18. The average Bonchev–Trinajstić information content (AvgIpc) is 3.14. The first-order valence-corrected chi connectivity index (χ1v) is 7.72. The van der Waals surface area contributed by atoms with Crippen LogP contribution in [0.4, 0.5) is 11.4 Å². The first-order valence-electron chi connectivity index (χ1n) is 7.34. The van der Waals surface area contributed by atoms with Gasteiger partial charge in [-0.05, 0) is 30.3 Å². The largest absolute Gasteiger partial charge is 0.321 e. The Morgan fingerprint density at radius 2 is 1.52 bits per heavy atom. The van der Waals surface area contributed by atoms with Gasteiger partial charge in [-0.3, -0.25) is 19.0 Å². The minimum absolute atomic E-state index is 0.150. The molecule has 0 unspecified atom stereocenters. The number of hydrogen-bond donors (Lipinski definition) is 2. The zero-order valence-corrected chi connectivity index (χ0v) is 14.3. The van der Waals surface area contributed by atoms with Crippen LogP contribution in [0.2, 0.25) is 5.02 Å². The lowest BCUT2D eigenvalue weighted by atomic mass is 10.2. The monoisotopic (exact) mass is 358 g/mol. The molecule has 0 saturated carbocycles. The molecule has 0 radical (unpaired) electrons. The van der Waals surface area contributed by atoms with Gasteiger partial charge in [0.25, 0.3) is 11.8 Å². The van der Waals surface area contributed by atoms with E-state index in [0.29, 0.717) is 17.1 Å². The third kappa shape index (κ3) is 3.86. The topological polar surface area (TPSA) is 93.8 Å². The van der Waals surface area contributed by atoms with E-state index in [9.17, 15) is 9.59 Å². The van der Waals surface area contributed by atoms with Crippen LogP contribution in [-0.2, 0) is 14.1 Å². The van der Waals surface area contributed by atoms with Crippen LogP contribution in [0.15, 0.2) is 42.7 Å². The second-order valence-corrected chi connectivity index (χ2v) is 5.77. The summed E-state index contributed by atoms with van der Waals surface area (Å²) < 4.78 is 3.02. The van der Waals surface area contributed by atoms with E-state index in [4.69, 9.17) is 11.6 Å². The fourth-order valence-electron chi connectivity index (χ4n) is 2.17. The van der Waals surface area contributed by atoms with E-state index in [1.807, 2.05) is 0 Å². The highest BCUT2D eigenvalue weighted by atomic mass is 35.5. The van der Waals surface area contributed by atoms with Gasteiger partial charge in [0.2, 0.25) is 0 Å². The standard InChI is InChI=1S/C16H15ClN6O2/c1-22-8-7-13(20-22)15(24)18-10-3-5-11(6-4-10)19-16(25)14-12(17)9-23(2)21-14/h3-9H,1-2H3,(H,18,24)(H,19,25). The van der Waals surface area contributed by atoms with E-state index in [1.54, 1.807) is 61.5 Å². The molecular weight excluding hydrogens is 344 g/mol. The Kier molecular flexibility index (Phi) is 4.53. The van der Waals surface area contributed by atoms with Crippen LogP contribution in [0, 0.1) is 0 Å². The first-order chi connectivity index (χ1) is 11.9. The van der Waals surface area contributed by atoms with E-state index >= 15 is 0 Å². The Morgan fingerprint density at radius 3 is 2.00 bits per heavy atom. The smallest absolute Gasteiger partial charge is 0.277 e. The average molecular weight is 359 g/mol. The molecule has 2 heterocycles. The number of anilines is 2. The van der Waals surface area contributed by atoms with Gasteiger partial charge in [-0.2, -0.15) is 10.2 Å². The zero-order chi connectivity index (χ0) is 18.0. The number of rotatable bonds is 4. The van der Waals surface area contributed by atoms with Crippen LogP contribution in [0.3, 0.4) is 0 Å². The number of carbonyl (C=O) groups excluding carboxylic acids is 2. The van der Waals surface area contributed by atoms with E-state index in [-0.39, 0.29) is 16.6 Å². The number of nitrogens with one attached hydrogen (secondary N) is 2. The molecule has 25 heavy (non-hydrogen) atoms. The van der Waals surface area contributed by atoms with Crippen LogP contribution in [0.25, 0.3) is 0 Å². The minimum atomic E-state index is -0.407. The van der Waals surface area contributed by atoms with Gasteiger partial charge in [-0.15, -0.1) is 0 Å². The summed E-state index contributed by atoms with van der Waals surface area (Å²) in [6, 6.07) is 8.32. The maximum Gasteiger partial charge on any atom is 0.277 e. The van der Waals surface area contributed by atoms with Crippen molar-refractivity contribution in [3.05, 3.63) is 59.1 Å². The first kappa shape index (κ1) is 16.7. The lowest BCUT2D eigenvalue weighted by Crippen LogP contribution is -2.14. The quantitative estimate of drug-likeness (QED) is 0.748. The molecule has 0 atom stereocenters. The molecule has 0 aliphatic rings. The Labute approximate surface area is 148 Å². The van der Waals surface area contributed by atoms with Gasteiger partial charge in [0.15, 0.2) is 11.4 Å². The fraction of sp³-hybridized carbons (Fsp3) is 0.125. The number of amides is 2. The second kappa shape index (κ2) is 6.78. The molecule has 0 bridgehead atoms. The van der Waals surface area contributed by atoms with Crippen LogP contribution in [0.5, 0.6) is 0 Å². The van der Waals surface area contributed by atoms with E-state index in [2.05, 4.69) is 20.8 Å². The molecule has 2 aromatic heterocycles. The SMILES string of the molecule is Cn1ccc(C(=O)Nc2ccc(NC(=O)c3nn(C)cc3Cl)cc2)n1. The third-order valence-corrected chi connectivity index (χ3v) is 3.62. The van der Waals surface area contributed by atoms with Crippen LogP contribution in [-0.4, -0.2) is 31.4 Å². The van der Waals surface area contributed by atoms with E-state index in [1.165, 1.54) is 4.68 Å². The molecule has 1 aromatic carbocycles. The molecule has 3 aromatic rings. The molecule has 0 fully saturated rings. The van der Waals surface area contributed by atoms with Crippen LogP contribution >= 0.6 is 11.6 Å². The van der Waals surface area contributed by atoms with Gasteiger partial charge in [0.1, 0.15) is 0 Å². The predicted octanol–water partition coefficient (Wildman–Crippen LogP) is 2.31. The molecule has 8 nitrogen and oxygen atoms in total. The molecule has 0 aliphatic carbocycles. The maximum absolute atomic E-state index is 12.1. The van der Waals surface area contributed by atoms with Crippen molar-refractivity contribution in [3.8, 4) is 0 Å². The van der Waals surface area contributed by atoms with Gasteiger partial charge in [0.05, 0.1) is 5.02 Å². The minimum Gasteiger partial charge on any atom is -0.321 e. The Balaban J connectivity index is 1.65. The van der Waals surface area contributed by atoms with Crippen molar-refractivity contribution < 1.29 is 9.59 Å². The number of halogens is 1. The molecule has 2 amide bonds. The third-order valence-electron chi connectivity index (χ3n) is 3.35. The molecular formula is C16H15ClN6O2.